The van der Waals surface area contributed by atoms with Gasteiger partial charge in [0.05, 0.1) is 17.6 Å². The highest BCUT2D eigenvalue weighted by atomic mass is 19.1. The van der Waals surface area contributed by atoms with Gasteiger partial charge in [0.25, 0.3) is 0 Å². The molecule has 1 amide bonds. The summed E-state index contributed by atoms with van der Waals surface area (Å²) >= 11 is 0. The average molecular weight is 381 g/mol. The highest BCUT2D eigenvalue weighted by molar-refractivity contribution is 5.88. The van der Waals surface area contributed by atoms with Crippen LogP contribution < -0.4 is 5.32 Å². The molecule has 5 heteroatoms. The Hall–Kier alpha value is -2.30. The Morgan fingerprint density at radius 3 is 2.82 bits per heavy atom. The van der Waals surface area contributed by atoms with E-state index in [1.54, 1.807) is 18.3 Å². The number of rotatable bonds is 4. The number of amides is 1. The largest absolute Gasteiger partial charge is 0.309 e. The number of aromatic nitrogens is 2. The standard InChI is InChI=1S/C23H28FN3O/c1-15-10-17-4-3-9-23(11-15,12-17)13-20-22(26-16(2)28)25-14-21(27-20)18-5-7-19(24)8-6-18/h5-8,14-15,17H,3-4,9-13H2,1-2H3,(H,25,26,28). The molecule has 2 aliphatic carbocycles. The van der Waals surface area contributed by atoms with E-state index in [1.807, 2.05) is 0 Å². The van der Waals surface area contributed by atoms with Crippen molar-refractivity contribution in [2.45, 2.75) is 58.8 Å². The number of carbonyl (C=O) groups is 1. The van der Waals surface area contributed by atoms with Crippen molar-refractivity contribution < 1.29 is 9.18 Å². The fourth-order valence-corrected chi connectivity index (χ4v) is 5.53. The fraction of sp³-hybridized carbons (Fsp3) is 0.522. The molecule has 1 aromatic heterocycles. The summed E-state index contributed by atoms with van der Waals surface area (Å²) in [4.78, 5) is 21.1. The van der Waals surface area contributed by atoms with Crippen molar-refractivity contribution in [1.29, 1.82) is 0 Å². The summed E-state index contributed by atoms with van der Waals surface area (Å²) in [6.45, 7) is 3.86. The normalized spacial score (nSPS) is 26.7. The van der Waals surface area contributed by atoms with Gasteiger partial charge in [0.2, 0.25) is 5.91 Å². The van der Waals surface area contributed by atoms with E-state index in [-0.39, 0.29) is 17.1 Å². The number of anilines is 1. The van der Waals surface area contributed by atoms with Gasteiger partial charge in [-0.15, -0.1) is 0 Å². The predicted octanol–water partition coefficient (Wildman–Crippen LogP) is 5.39. The fourth-order valence-electron chi connectivity index (χ4n) is 5.53. The quantitative estimate of drug-likeness (QED) is 0.772. The number of hydrogen-bond donors (Lipinski definition) is 1. The monoisotopic (exact) mass is 381 g/mol. The Kier molecular flexibility index (Phi) is 5.17. The Bertz CT molecular complexity index is 863. The van der Waals surface area contributed by atoms with E-state index in [9.17, 15) is 9.18 Å². The van der Waals surface area contributed by atoms with Crippen LogP contribution in [-0.4, -0.2) is 15.9 Å². The zero-order valence-corrected chi connectivity index (χ0v) is 16.7. The third-order valence-corrected chi connectivity index (χ3v) is 6.38. The van der Waals surface area contributed by atoms with Crippen LogP contribution in [0.4, 0.5) is 10.2 Å². The van der Waals surface area contributed by atoms with E-state index in [4.69, 9.17) is 4.98 Å². The molecule has 1 aromatic carbocycles. The lowest BCUT2D eigenvalue weighted by atomic mass is 9.57. The molecule has 4 rings (SSSR count). The number of nitrogens with zero attached hydrogens (tertiary/aromatic N) is 2. The van der Waals surface area contributed by atoms with E-state index in [2.05, 4.69) is 17.2 Å². The van der Waals surface area contributed by atoms with Crippen molar-refractivity contribution >= 4 is 11.7 Å². The molecule has 0 aliphatic heterocycles. The topological polar surface area (TPSA) is 54.9 Å². The highest BCUT2D eigenvalue weighted by Gasteiger charge is 2.42. The molecule has 0 spiro atoms. The molecule has 148 valence electrons. The zero-order chi connectivity index (χ0) is 19.7. The number of hydrogen-bond acceptors (Lipinski definition) is 3. The van der Waals surface area contributed by atoms with Crippen LogP contribution in [-0.2, 0) is 11.2 Å². The highest BCUT2D eigenvalue weighted by Crippen LogP contribution is 2.52. The molecule has 28 heavy (non-hydrogen) atoms. The first-order valence-corrected chi connectivity index (χ1v) is 10.3. The van der Waals surface area contributed by atoms with Gasteiger partial charge >= 0.3 is 0 Å². The minimum atomic E-state index is -0.268. The van der Waals surface area contributed by atoms with Crippen LogP contribution in [0.25, 0.3) is 11.3 Å². The van der Waals surface area contributed by atoms with E-state index >= 15 is 0 Å². The maximum Gasteiger partial charge on any atom is 0.222 e. The van der Waals surface area contributed by atoms with E-state index in [0.717, 1.165) is 35.2 Å². The van der Waals surface area contributed by atoms with Gasteiger partial charge in [-0.25, -0.2) is 14.4 Å². The first-order chi connectivity index (χ1) is 13.4. The number of nitrogens with one attached hydrogen (secondary N) is 1. The molecule has 0 radical (unpaired) electrons. The lowest BCUT2D eigenvalue weighted by Crippen LogP contribution is -2.38. The Labute approximate surface area is 166 Å². The molecule has 4 nitrogen and oxygen atoms in total. The zero-order valence-electron chi connectivity index (χ0n) is 16.7. The van der Waals surface area contributed by atoms with Crippen LogP contribution in [0.2, 0.25) is 0 Å². The minimum absolute atomic E-state index is 0.138. The third kappa shape index (κ3) is 4.08. The van der Waals surface area contributed by atoms with Crippen LogP contribution in [0, 0.1) is 23.1 Å². The molecular formula is C23H28FN3O. The summed E-state index contributed by atoms with van der Waals surface area (Å²) in [6, 6.07) is 6.31. The molecule has 2 fully saturated rings. The van der Waals surface area contributed by atoms with Crippen LogP contribution >= 0.6 is 0 Å². The smallest absolute Gasteiger partial charge is 0.222 e. The van der Waals surface area contributed by atoms with E-state index in [1.165, 1.54) is 57.6 Å². The van der Waals surface area contributed by atoms with Gasteiger partial charge in [-0.05, 0) is 73.6 Å². The second-order valence-corrected chi connectivity index (χ2v) is 8.92. The first kappa shape index (κ1) is 19.0. The van der Waals surface area contributed by atoms with Gasteiger partial charge < -0.3 is 5.32 Å². The van der Waals surface area contributed by atoms with Crippen molar-refractivity contribution in [2.24, 2.45) is 17.3 Å². The number of carbonyl (C=O) groups excluding carboxylic acids is 1. The summed E-state index contributed by atoms with van der Waals surface area (Å²) in [5, 5.41) is 2.86. The third-order valence-electron chi connectivity index (χ3n) is 6.38. The van der Waals surface area contributed by atoms with E-state index < -0.39 is 0 Å². The molecule has 1 heterocycles. The first-order valence-electron chi connectivity index (χ1n) is 10.3. The Morgan fingerprint density at radius 1 is 1.29 bits per heavy atom. The van der Waals surface area contributed by atoms with Crippen molar-refractivity contribution in [3.63, 3.8) is 0 Å². The lowest BCUT2D eigenvalue weighted by molar-refractivity contribution is -0.114. The second kappa shape index (κ2) is 7.61. The number of halogens is 1. The van der Waals surface area contributed by atoms with Crippen LogP contribution in [0.5, 0.6) is 0 Å². The van der Waals surface area contributed by atoms with Gasteiger partial charge in [-0.2, -0.15) is 0 Å². The molecule has 3 atom stereocenters. The second-order valence-electron chi connectivity index (χ2n) is 8.92. The molecule has 2 aliphatic rings. The van der Waals surface area contributed by atoms with Gasteiger partial charge in [-0.1, -0.05) is 19.8 Å². The lowest BCUT2D eigenvalue weighted by Gasteiger charge is -2.48. The van der Waals surface area contributed by atoms with Crippen LogP contribution in [0.3, 0.4) is 0 Å². The maximum absolute atomic E-state index is 13.3. The summed E-state index contributed by atoms with van der Waals surface area (Å²) in [7, 11) is 0. The maximum atomic E-state index is 13.3. The van der Waals surface area contributed by atoms with Crippen LogP contribution in [0.1, 0.15) is 58.1 Å². The number of benzene rings is 1. The summed E-state index contributed by atoms with van der Waals surface area (Å²) in [5.74, 6) is 1.70. The average Bonchev–Trinajstić information content (AvgIpc) is 2.63. The van der Waals surface area contributed by atoms with Crippen molar-refractivity contribution in [3.05, 3.63) is 42.0 Å². The predicted molar refractivity (Wildman–Crippen MR) is 108 cm³/mol. The van der Waals surface area contributed by atoms with Crippen LogP contribution in [0.15, 0.2) is 30.5 Å². The molecule has 3 unspecified atom stereocenters. The van der Waals surface area contributed by atoms with Crippen molar-refractivity contribution in [3.8, 4) is 11.3 Å². The molecular weight excluding hydrogens is 353 g/mol. The molecule has 2 bridgehead atoms. The van der Waals surface area contributed by atoms with Crippen molar-refractivity contribution in [1.82, 2.24) is 9.97 Å². The number of fused-ring (bicyclic) bond motifs is 2. The SMILES string of the molecule is CC(=O)Nc1ncc(-c2ccc(F)cc2)nc1CC12CCCC(CC(C)C1)C2. The van der Waals surface area contributed by atoms with Crippen molar-refractivity contribution in [2.75, 3.05) is 5.32 Å². The summed E-state index contributed by atoms with van der Waals surface area (Å²) in [6.07, 6.45) is 10.1. The Morgan fingerprint density at radius 2 is 2.07 bits per heavy atom. The van der Waals surface area contributed by atoms with E-state index in [0.29, 0.717) is 5.82 Å². The Balaban J connectivity index is 1.69. The molecule has 0 saturated heterocycles. The van der Waals surface area contributed by atoms with Gasteiger partial charge in [0.15, 0.2) is 5.82 Å². The molecule has 2 aromatic rings. The summed E-state index contributed by atoms with van der Waals surface area (Å²) < 4.78 is 13.3. The van der Waals surface area contributed by atoms with Gasteiger partial charge in [0.1, 0.15) is 5.82 Å². The summed E-state index contributed by atoms with van der Waals surface area (Å²) in [5.41, 5.74) is 2.66. The van der Waals surface area contributed by atoms with Gasteiger partial charge in [-0.3, -0.25) is 4.79 Å². The molecule has 2 saturated carbocycles. The minimum Gasteiger partial charge on any atom is -0.309 e. The molecule has 1 N–H and O–H groups in total. The van der Waals surface area contributed by atoms with Gasteiger partial charge in [0, 0.05) is 12.5 Å².